The fourth-order valence-corrected chi connectivity index (χ4v) is 2.58. The number of carbonyl (C=O) groups is 1. The van der Waals surface area contributed by atoms with Gasteiger partial charge in [-0.2, -0.15) is 0 Å². The van der Waals surface area contributed by atoms with Crippen molar-refractivity contribution in [2.75, 3.05) is 18.4 Å². The summed E-state index contributed by atoms with van der Waals surface area (Å²) in [6.07, 6.45) is 2.72. The van der Waals surface area contributed by atoms with Crippen LogP contribution in [0.3, 0.4) is 0 Å². The number of aromatic amines is 1. The highest BCUT2D eigenvalue weighted by Gasteiger charge is 2.25. The number of rotatable bonds is 5. The summed E-state index contributed by atoms with van der Waals surface area (Å²) in [5, 5.41) is 15.4. The van der Waals surface area contributed by atoms with Gasteiger partial charge in [-0.1, -0.05) is 6.42 Å². The molecule has 1 aliphatic rings. The van der Waals surface area contributed by atoms with Crippen molar-refractivity contribution in [1.82, 2.24) is 15.3 Å². The first-order valence-corrected chi connectivity index (χ1v) is 7.32. The van der Waals surface area contributed by atoms with Crippen LogP contribution in [0.1, 0.15) is 31.4 Å². The van der Waals surface area contributed by atoms with E-state index in [9.17, 15) is 14.7 Å². The quantitative estimate of drug-likeness (QED) is 0.579. The van der Waals surface area contributed by atoms with Gasteiger partial charge in [0.15, 0.2) is 0 Å². The zero-order valence-corrected chi connectivity index (χ0v) is 12.2. The number of H-pyrrole nitrogens is 1. The van der Waals surface area contributed by atoms with Gasteiger partial charge in [0.2, 0.25) is 11.9 Å². The van der Waals surface area contributed by atoms with E-state index in [2.05, 4.69) is 20.6 Å². The van der Waals surface area contributed by atoms with E-state index in [-0.39, 0.29) is 23.5 Å². The van der Waals surface area contributed by atoms with E-state index < -0.39 is 0 Å². The lowest BCUT2D eigenvalue weighted by Crippen LogP contribution is -2.37. The van der Waals surface area contributed by atoms with Crippen LogP contribution in [-0.4, -0.2) is 40.2 Å². The van der Waals surface area contributed by atoms with Gasteiger partial charge in [-0.05, 0) is 26.2 Å². The largest absolute Gasteiger partial charge is 0.393 e. The van der Waals surface area contributed by atoms with E-state index in [1.54, 1.807) is 6.92 Å². The maximum atomic E-state index is 11.9. The Labute approximate surface area is 123 Å². The van der Waals surface area contributed by atoms with Crippen molar-refractivity contribution in [3.05, 3.63) is 22.1 Å². The Kier molecular flexibility index (Phi) is 5.32. The lowest BCUT2D eigenvalue weighted by molar-refractivity contribution is -0.127. The molecule has 7 heteroatoms. The van der Waals surface area contributed by atoms with Crippen LogP contribution < -0.4 is 16.2 Å². The average molecular weight is 294 g/mol. The molecule has 0 unspecified atom stereocenters. The fourth-order valence-electron chi connectivity index (χ4n) is 2.58. The zero-order valence-electron chi connectivity index (χ0n) is 12.2. The molecule has 0 bridgehead atoms. The van der Waals surface area contributed by atoms with Gasteiger partial charge in [0.25, 0.3) is 5.56 Å². The molecule has 0 saturated heterocycles. The first-order valence-electron chi connectivity index (χ1n) is 7.32. The number of hydrogen-bond acceptors (Lipinski definition) is 5. The summed E-state index contributed by atoms with van der Waals surface area (Å²) in [7, 11) is 0. The molecule has 0 aliphatic heterocycles. The molecule has 21 heavy (non-hydrogen) atoms. The summed E-state index contributed by atoms with van der Waals surface area (Å²) in [5.41, 5.74) is 0.437. The normalized spacial score (nSPS) is 21.8. The third-order valence-corrected chi connectivity index (χ3v) is 3.60. The minimum absolute atomic E-state index is 0.0127. The van der Waals surface area contributed by atoms with Gasteiger partial charge in [-0.15, -0.1) is 0 Å². The van der Waals surface area contributed by atoms with E-state index in [1.807, 2.05) is 0 Å². The van der Waals surface area contributed by atoms with Crippen LogP contribution in [0.15, 0.2) is 10.9 Å². The van der Waals surface area contributed by atoms with Crippen LogP contribution >= 0.6 is 0 Å². The van der Waals surface area contributed by atoms with Gasteiger partial charge in [-0.3, -0.25) is 14.6 Å². The highest BCUT2D eigenvalue weighted by molar-refractivity contribution is 5.78. The first-order chi connectivity index (χ1) is 10.0. The predicted octanol–water partition coefficient (Wildman–Crippen LogP) is 0.158. The molecule has 1 fully saturated rings. The topological polar surface area (TPSA) is 107 Å². The highest BCUT2D eigenvalue weighted by atomic mass is 16.3. The molecule has 1 amide bonds. The molecule has 0 aromatic carbocycles. The molecule has 1 aliphatic carbocycles. The zero-order chi connectivity index (χ0) is 15.2. The second-order valence-corrected chi connectivity index (χ2v) is 5.47. The molecule has 4 N–H and O–H groups in total. The Morgan fingerprint density at radius 1 is 1.48 bits per heavy atom. The number of carbonyl (C=O) groups excluding carboxylic acids is 1. The average Bonchev–Trinajstić information content (AvgIpc) is 2.42. The number of aliphatic hydroxyl groups is 1. The molecular weight excluding hydrogens is 272 g/mol. The van der Waals surface area contributed by atoms with E-state index in [0.717, 1.165) is 19.3 Å². The number of nitrogens with zero attached hydrogens (tertiary/aromatic N) is 1. The van der Waals surface area contributed by atoms with Crippen LogP contribution in [0.4, 0.5) is 5.95 Å². The maximum absolute atomic E-state index is 11.9. The third-order valence-electron chi connectivity index (χ3n) is 3.60. The Hall–Kier alpha value is -1.89. The van der Waals surface area contributed by atoms with Crippen molar-refractivity contribution < 1.29 is 9.90 Å². The van der Waals surface area contributed by atoms with Crippen LogP contribution in [0.2, 0.25) is 0 Å². The molecule has 0 spiro atoms. The van der Waals surface area contributed by atoms with E-state index >= 15 is 0 Å². The third kappa shape index (κ3) is 4.86. The summed E-state index contributed by atoms with van der Waals surface area (Å²) in [5.74, 6) is 0.300. The number of aromatic nitrogens is 2. The smallest absolute Gasteiger partial charge is 0.252 e. The van der Waals surface area contributed by atoms with E-state index in [1.165, 1.54) is 6.07 Å². The molecular formula is C14H22N4O3. The Morgan fingerprint density at radius 2 is 2.29 bits per heavy atom. The number of aliphatic hydroxyl groups excluding tert-OH is 1. The monoisotopic (exact) mass is 294 g/mol. The van der Waals surface area contributed by atoms with Gasteiger partial charge in [0, 0.05) is 30.8 Å². The highest BCUT2D eigenvalue weighted by Crippen LogP contribution is 2.24. The number of aryl methyl sites for hydroxylation is 1. The molecule has 1 heterocycles. The first kappa shape index (κ1) is 15.5. The van der Waals surface area contributed by atoms with Crippen molar-refractivity contribution in [2.24, 2.45) is 5.92 Å². The van der Waals surface area contributed by atoms with Crippen LogP contribution in [0, 0.1) is 12.8 Å². The summed E-state index contributed by atoms with van der Waals surface area (Å²) in [6.45, 7) is 2.67. The summed E-state index contributed by atoms with van der Waals surface area (Å²) in [4.78, 5) is 29.9. The van der Waals surface area contributed by atoms with Crippen LogP contribution in [-0.2, 0) is 4.79 Å². The van der Waals surface area contributed by atoms with Crippen molar-refractivity contribution in [3.8, 4) is 0 Å². The van der Waals surface area contributed by atoms with Gasteiger partial charge in [-0.25, -0.2) is 4.98 Å². The van der Waals surface area contributed by atoms with Crippen LogP contribution in [0.25, 0.3) is 0 Å². The van der Waals surface area contributed by atoms with Crippen molar-refractivity contribution >= 4 is 11.9 Å². The predicted molar refractivity (Wildman–Crippen MR) is 79.1 cm³/mol. The number of hydrogen-bond donors (Lipinski definition) is 4. The van der Waals surface area contributed by atoms with Crippen LogP contribution in [0.5, 0.6) is 0 Å². The minimum Gasteiger partial charge on any atom is -0.393 e. The van der Waals surface area contributed by atoms with E-state index in [0.29, 0.717) is 31.2 Å². The lowest BCUT2D eigenvalue weighted by atomic mass is 9.87. The summed E-state index contributed by atoms with van der Waals surface area (Å²) < 4.78 is 0. The summed E-state index contributed by atoms with van der Waals surface area (Å²) >= 11 is 0. The minimum atomic E-state index is -0.353. The lowest BCUT2D eigenvalue weighted by Gasteiger charge is -2.24. The van der Waals surface area contributed by atoms with Gasteiger partial charge < -0.3 is 15.7 Å². The molecule has 0 radical (unpaired) electrons. The SMILES string of the molecule is Cc1cc(=O)[nH]c(NCCNC(=O)[C@@H]2CCC[C@H](O)C2)n1. The summed E-state index contributed by atoms with van der Waals surface area (Å²) in [6, 6.07) is 1.42. The standard InChI is InChI=1S/C14H22N4O3/c1-9-7-12(20)18-14(17-9)16-6-5-15-13(21)10-3-2-4-11(19)8-10/h7,10-11,19H,2-6,8H2,1H3,(H,15,21)(H2,16,17,18,20)/t10-,11+/m1/s1. The van der Waals surface area contributed by atoms with Crippen molar-refractivity contribution in [2.45, 2.75) is 38.7 Å². The number of amides is 1. The van der Waals surface area contributed by atoms with Crippen molar-refractivity contribution in [1.29, 1.82) is 0 Å². The second-order valence-electron chi connectivity index (χ2n) is 5.47. The Bertz CT molecular complexity index is 543. The van der Waals surface area contributed by atoms with E-state index in [4.69, 9.17) is 0 Å². The molecule has 2 atom stereocenters. The molecule has 1 saturated carbocycles. The molecule has 7 nitrogen and oxygen atoms in total. The fraction of sp³-hybridized carbons (Fsp3) is 0.643. The second kappa shape index (κ2) is 7.21. The molecule has 1 aromatic rings. The van der Waals surface area contributed by atoms with Gasteiger partial charge >= 0.3 is 0 Å². The molecule has 1 aromatic heterocycles. The maximum Gasteiger partial charge on any atom is 0.252 e. The molecule has 116 valence electrons. The Balaban J connectivity index is 1.71. The molecule has 2 rings (SSSR count). The number of nitrogens with one attached hydrogen (secondary N) is 3. The van der Waals surface area contributed by atoms with Gasteiger partial charge in [0.1, 0.15) is 0 Å². The van der Waals surface area contributed by atoms with Gasteiger partial charge in [0.05, 0.1) is 6.10 Å². The van der Waals surface area contributed by atoms with Crippen molar-refractivity contribution in [3.63, 3.8) is 0 Å². The Morgan fingerprint density at radius 3 is 3.00 bits per heavy atom. The number of anilines is 1.